The lowest BCUT2D eigenvalue weighted by Gasteiger charge is -2.17. The molecule has 22 heavy (non-hydrogen) atoms. The number of carbonyl (C=O) groups is 1. The van der Waals surface area contributed by atoms with Crippen LogP contribution in [0.3, 0.4) is 0 Å². The molecule has 1 unspecified atom stereocenters. The molecule has 0 aliphatic carbocycles. The number of sulfonamides is 1. The number of nitrogens with one attached hydrogen (secondary N) is 1. The monoisotopic (exact) mass is 331 g/mol. The van der Waals surface area contributed by atoms with Crippen LogP contribution in [-0.2, 0) is 14.8 Å². The van der Waals surface area contributed by atoms with Gasteiger partial charge in [0.15, 0.2) is 11.5 Å². The Morgan fingerprint density at radius 1 is 1.27 bits per heavy atom. The molecule has 0 aromatic heterocycles. The number of aliphatic carboxylic acids is 1. The van der Waals surface area contributed by atoms with E-state index in [2.05, 4.69) is 4.72 Å². The van der Waals surface area contributed by atoms with Crippen LogP contribution in [0.1, 0.15) is 25.3 Å². The van der Waals surface area contributed by atoms with Crippen LogP contribution in [0.5, 0.6) is 11.5 Å². The van der Waals surface area contributed by atoms with E-state index in [4.69, 9.17) is 14.6 Å². The Kier molecular flexibility index (Phi) is 6.19. The molecule has 124 valence electrons. The van der Waals surface area contributed by atoms with Crippen LogP contribution in [0.2, 0.25) is 0 Å². The lowest BCUT2D eigenvalue weighted by Crippen LogP contribution is -2.40. The molecule has 7 nitrogen and oxygen atoms in total. The summed E-state index contributed by atoms with van der Waals surface area (Å²) in [5, 5.41) is 9.10. The van der Waals surface area contributed by atoms with E-state index in [1.807, 2.05) is 0 Å². The van der Waals surface area contributed by atoms with E-state index in [0.29, 0.717) is 17.7 Å². The second-order valence-corrected chi connectivity index (χ2v) is 6.46. The van der Waals surface area contributed by atoms with Gasteiger partial charge >= 0.3 is 5.97 Å². The van der Waals surface area contributed by atoms with Crippen LogP contribution < -0.4 is 14.2 Å². The molecule has 0 fully saturated rings. The van der Waals surface area contributed by atoms with Gasteiger partial charge in [-0.15, -0.1) is 0 Å². The van der Waals surface area contributed by atoms with Crippen molar-refractivity contribution in [3.05, 3.63) is 17.7 Å². The fourth-order valence-corrected chi connectivity index (χ4v) is 3.49. The molecule has 1 rings (SSSR count). The number of carboxylic acids is 1. The van der Waals surface area contributed by atoms with Crippen molar-refractivity contribution in [1.82, 2.24) is 4.72 Å². The summed E-state index contributed by atoms with van der Waals surface area (Å²) in [6, 6.07) is 1.69. The predicted molar refractivity (Wildman–Crippen MR) is 80.9 cm³/mol. The summed E-state index contributed by atoms with van der Waals surface area (Å²) in [5.41, 5.74) is 0.436. The van der Waals surface area contributed by atoms with Crippen LogP contribution in [0.4, 0.5) is 0 Å². The van der Waals surface area contributed by atoms with Crippen LogP contribution in [0, 0.1) is 6.92 Å². The average molecular weight is 331 g/mol. The maximum Gasteiger partial charge on any atom is 0.321 e. The van der Waals surface area contributed by atoms with Gasteiger partial charge in [-0.25, -0.2) is 8.42 Å². The van der Waals surface area contributed by atoms with E-state index in [0.717, 1.165) is 0 Å². The number of methoxy groups -OCH3 is 2. The quantitative estimate of drug-likeness (QED) is 0.749. The maximum atomic E-state index is 12.4. The second-order valence-electron chi connectivity index (χ2n) is 4.77. The Labute approximate surface area is 130 Å². The third-order valence-corrected chi connectivity index (χ3v) is 4.76. The van der Waals surface area contributed by atoms with Crippen molar-refractivity contribution in [2.24, 2.45) is 0 Å². The molecule has 1 atom stereocenters. The molecular formula is C14H21NO6S. The average Bonchev–Trinajstić information content (AvgIpc) is 2.45. The highest BCUT2D eigenvalue weighted by molar-refractivity contribution is 7.89. The summed E-state index contributed by atoms with van der Waals surface area (Å²) in [6.07, 6.45) is 0.755. The van der Waals surface area contributed by atoms with Crippen molar-refractivity contribution in [2.45, 2.75) is 37.6 Å². The van der Waals surface area contributed by atoms with Crippen LogP contribution >= 0.6 is 0 Å². The van der Waals surface area contributed by atoms with E-state index < -0.39 is 22.0 Å². The minimum Gasteiger partial charge on any atom is -0.493 e. The summed E-state index contributed by atoms with van der Waals surface area (Å²) >= 11 is 0. The summed E-state index contributed by atoms with van der Waals surface area (Å²) < 4.78 is 37.3. The molecule has 0 aliphatic rings. The van der Waals surface area contributed by atoms with E-state index in [9.17, 15) is 13.2 Å². The van der Waals surface area contributed by atoms with Crippen molar-refractivity contribution >= 4 is 16.0 Å². The molecule has 2 N–H and O–H groups in total. The zero-order chi connectivity index (χ0) is 16.9. The van der Waals surface area contributed by atoms with Crippen molar-refractivity contribution < 1.29 is 27.8 Å². The molecule has 0 saturated heterocycles. The minimum atomic E-state index is -3.98. The first-order chi connectivity index (χ1) is 10.3. The molecule has 0 heterocycles. The molecule has 1 aromatic rings. The van der Waals surface area contributed by atoms with Gasteiger partial charge in [0.05, 0.1) is 19.1 Å². The predicted octanol–water partition coefficient (Wildman–Crippen LogP) is 1.54. The minimum absolute atomic E-state index is 0.0347. The van der Waals surface area contributed by atoms with Crippen molar-refractivity contribution in [3.8, 4) is 11.5 Å². The van der Waals surface area contributed by atoms with Crippen LogP contribution in [-0.4, -0.2) is 39.8 Å². The van der Waals surface area contributed by atoms with Gasteiger partial charge in [-0.05, 0) is 25.0 Å². The number of aryl methyl sites for hydroxylation is 1. The molecule has 0 saturated carbocycles. The summed E-state index contributed by atoms with van der Waals surface area (Å²) in [6.45, 7) is 3.39. The Balaban J connectivity index is 3.25. The first kappa shape index (κ1) is 18.2. The SMILES string of the molecule is CCCC(NS(=O)(=O)c1cc(OC)c(OC)cc1C)C(=O)O. The fourth-order valence-electron chi connectivity index (χ4n) is 2.02. The van der Waals surface area contributed by atoms with Crippen molar-refractivity contribution in [3.63, 3.8) is 0 Å². The summed E-state index contributed by atoms with van der Waals surface area (Å²) in [5.74, 6) is -0.540. The van der Waals surface area contributed by atoms with E-state index in [1.165, 1.54) is 26.4 Å². The van der Waals surface area contributed by atoms with Gasteiger partial charge < -0.3 is 14.6 Å². The first-order valence-electron chi connectivity index (χ1n) is 6.74. The lowest BCUT2D eigenvalue weighted by atomic mass is 10.2. The Bertz CT molecular complexity index is 641. The van der Waals surface area contributed by atoms with Crippen LogP contribution in [0.25, 0.3) is 0 Å². The third kappa shape index (κ3) is 4.11. The first-order valence-corrected chi connectivity index (χ1v) is 8.22. The van der Waals surface area contributed by atoms with Gasteiger partial charge in [0, 0.05) is 6.07 Å². The smallest absolute Gasteiger partial charge is 0.321 e. The van der Waals surface area contributed by atoms with Gasteiger partial charge in [-0.1, -0.05) is 13.3 Å². The summed E-state index contributed by atoms with van der Waals surface area (Å²) in [4.78, 5) is 11.1. The standard InChI is InChI=1S/C14H21NO6S/c1-5-6-10(14(16)17)15-22(18,19)13-8-12(21-4)11(20-3)7-9(13)2/h7-8,10,15H,5-6H2,1-4H3,(H,16,17). The Hall–Kier alpha value is -1.80. The molecule has 0 bridgehead atoms. The molecule has 0 amide bonds. The highest BCUT2D eigenvalue weighted by Gasteiger charge is 2.27. The molecule has 0 aliphatic heterocycles. The number of ether oxygens (including phenoxy) is 2. The lowest BCUT2D eigenvalue weighted by molar-refractivity contribution is -0.139. The molecule has 1 aromatic carbocycles. The normalized spacial score (nSPS) is 12.7. The van der Waals surface area contributed by atoms with Crippen LogP contribution in [0.15, 0.2) is 17.0 Å². The zero-order valence-electron chi connectivity index (χ0n) is 13.0. The van der Waals surface area contributed by atoms with E-state index in [-0.39, 0.29) is 17.1 Å². The number of hydrogen-bond acceptors (Lipinski definition) is 5. The Morgan fingerprint density at radius 3 is 2.27 bits per heavy atom. The highest BCUT2D eigenvalue weighted by Crippen LogP contribution is 2.32. The zero-order valence-corrected chi connectivity index (χ0v) is 13.9. The van der Waals surface area contributed by atoms with Gasteiger partial charge in [0.2, 0.25) is 10.0 Å². The fraction of sp³-hybridized carbons (Fsp3) is 0.500. The van der Waals surface area contributed by atoms with Crippen molar-refractivity contribution in [1.29, 1.82) is 0 Å². The van der Waals surface area contributed by atoms with Crippen molar-refractivity contribution in [2.75, 3.05) is 14.2 Å². The molecule has 0 spiro atoms. The third-order valence-electron chi connectivity index (χ3n) is 3.14. The highest BCUT2D eigenvalue weighted by atomic mass is 32.2. The maximum absolute atomic E-state index is 12.4. The van der Waals surface area contributed by atoms with E-state index in [1.54, 1.807) is 13.8 Å². The number of rotatable bonds is 8. The Morgan fingerprint density at radius 2 is 1.82 bits per heavy atom. The topological polar surface area (TPSA) is 102 Å². The van der Waals surface area contributed by atoms with Gasteiger partial charge in [-0.2, -0.15) is 4.72 Å². The number of hydrogen-bond donors (Lipinski definition) is 2. The molecule has 0 radical (unpaired) electrons. The second kappa shape index (κ2) is 7.46. The number of benzene rings is 1. The van der Waals surface area contributed by atoms with Gasteiger partial charge in [0.25, 0.3) is 0 Å². The number of carboxylic acid groups (broad SMARTS) is 1. The van der Waals surface area contributed by atoms with E-state index >= 15 is 0 Å². The van der Waals surface area contributed by atoms with Gasteiger partial charge in [0.1, 0.15) is 6.04 Å². The molecule has 8 heteroatoms. The largest absolute Gasteiger partial charge is 0.493 e. The summed E-state index contributed by atoms with van der Waals surface area (Å²) in [7, 11) is -1.13. The van der Waals surface area contributed by atoms with Gasteiger partial charge in [-0.3, -0.25) is 4.79 Å². The molecular weight excluding hydrogens is 310 g/mol.